The number of anilines is 1. The van der Waals surface area contributed by atoms with Gasteiger partial charge in [0.05, 0.1) is 13.2 Å². The van der Waals surface area contributed by atoms with Crippen molar-refractivity contribution in [2.24, 2.45) is 0 Å². The summed E-state index contributed by atoms with van der Waals surface area (Å²) >= 11 is 0. The predicted molar refractivity (Wildman–Crippen MR) is 85.4 cm³/mol. The van der Waals surface area contributed by atoms with Gasteiger partial charge in [-0.1, -0.05) is 0 Å². The average Bonchev–Trinajstić information content (AvgIpc) is 2.72. The first-order valence-corrected chi connectivity index (χ1v) is 8.12. The topological polar surface area (TPSA) is 33.7 Å². The molecule has 1 fully saturated rings. The van der Waals surface area contributed by atoms with Gasteiger partial charge in [0.15, 0.2) is 11.5 Å². The lowest BCUT2D eigenvalue weighted by Crippen LogP contribution is -2.42. The van der Waals surface area contributed by atoms with E-state index in [-0.39, 0.29) is 0 Å². The smallest absolute Gasteiger partial charge is 0.163 e. The van der Waals surface area contributed by atoms with Crippen LogP contribution in [-0.2, 0) is 0 Å². The van der Waals surface area contributed by atoms with Crippen LogP contribution >= 0.6 is 0 Å². The molecule has 2 heterocycles. The van der Waals surface area contributed by atoms with E-state index in [1.165, 1.54) is 25.9 Å². The number of nitrogens with one attached hydrogen (secondary N) is 1. The highest BCUT2D eigenvalue weighted by atomic mass is 16.5. The van der Waals surface area contributed by atoms with E-state index < -0.39 is 0 Å². The maximum atomic E-state index is 5.75. The molecule has 1 saturated heterocycles. The molecular weight excluding hydrogens is 264 g/mol. The number of rotatable bonds is 3. The first-order valence-electron chi connectivity index (χ1n) is 8.12. The minimum atomic E-state index is 0.560. The van der Waals surface area contributed by atoms with E-state index >= 15 is 0 Å². The first-order chi connectivity index (χ1) is 10.2. The number of piperidine rings is 1. The zero-order valence-electron chi connectivity index (χ0n) is 13.1. The summed E-state index contributed by atoms with van der Waals surface area (Å²) in [5.74, 6) is 1.74. The van der Waals surface area contributed by atoms with Gasteiger partial charge in [-0.3, -0.25) is 0 Å². The van der Waals surface area contributed by atoms with Gasteiger partial charge in [-0.25, -0.2) is 0 Å². The van der Waals surface area contributed by atoms with Crippen LogP contribution in [0.25, 0.3) is 0 Å². The van der Waals surface area contributed by atoms with Crippen LogP contribution in [0.2, 0.25) is 0 Å². The molecule has 0 aliphatic carbocycles. The third-order valence-corrected chi connectivity index (χ3v) is 4.38. The van der Waals surface area contributed by atoms with Crippen LogP contribution in [0.1, 0.15) is 33.1 Å². The van der Waals surface area contributed by atoms with Crippen molar-refractivity contribution in [2.45, 2.75) is 45.2 Å². The molecule has 0 radical (unpaired) electrons. The minimum Gasteiger partial charge on any atom is -0.490 e. The quantitative estimate of drug-likeness (QED) is 0.927. The third kappa shape index (κ3) is 3.62. The number of benzene rings is 1. The molecule has 21 heavy (non-hydrogen) atoms. The molecule has 0 bridgehead atoms. The Bertz CT molecular complexity index is 468. The summed E-state index contributed by atoms with van der Waals surface area (Å²) in [6, 6.07) is 7.41. The summed E-state index contributed by atoms with van der Waals surface area (Å²) in [6.07, 6.45) is 3.35. The zero-order valence-corrected chi connectivity index (χ0v) is 13.1. The lowest BCUT2D eigenvalue weighted by atomic mass is 10.0. The molecule has 1 N–H and O–H groups in total. The molecule has 0 aromatic heterocycles. The van der Waals surface area contributed by atoms with Crippen molar-refractivity contribution in [3.63, 3.8) is 0 Å². The summed E-state index contributed by atoms with van der Waals surface area (Å²) < 4.78 is 11.4. The van der Waals surface area contributed by atoms with Gasteiger partial charge >= 0.3 is 0 Å². The van der Waals surface area contributed by atoms with Gasteiger partial charge in [0, 0.05) is 43.3 Å². The molecular formula is C17H26N2O2. The van der Waals surface area contributed by atoms with Gasteiger partial charge in [0.25, 0.3) is 0 Å². The molecule has 2 aliphatic rings. The lowest BCUT2D eigenvalue weighted by molar-refractivity contribution is 0.177. The van der Waals surface area contributed by atoms with E-state index in [0.717, 1.165) is 36.8 Å². The Morgan fingerprint density at radius 2 is 1.81 bits per heavy atom. The first kappa shape index (κ1) is 14.5. The highest BCUT2D eigenvalue weighted by Gasteiger charge is 2.21. The van der Waals surface area contributed by atoms with Gasteiger partial charge in [-0.15, -0.1) is 0 Å². The molecule has 1 aromatic rings. The second-order valence-corrected chi connectivity index (χ2v) is 6.26. The molecule has 0 spiro atoms. The Morgan fingerprint density at radius 3 is 2.52 bits per heavy atom. The van der Waals surface area contributed by atoms with Crippen LogP contribution in [-0.4, -0.2) is 43.3 Å². The van der Waals surface area contributed by atoms with Crippen molar-refractivity contribution >= 4 is 5.69 Å². The number of fused-ring (bicyclic) bond motifs is 1. The number of hydrogen-bond donors (Lipinski definition) is 1. The standard InChI is InChI=1S/C17H26N2O2/c1-13(2)19-8-6-14(7-9-19)18-15-4-5-16-17(12-15)21-11-3-10-20-16/h4-5,12-14,18H,3,6-11H2,1-2H3. The molecule has 0 unspecified atom stereocenters. The van der Waals surface area contributed by atoms with E-state index in [0.29, 0.717) is 12.1 Å². The van der Waals surface area contributed by atoms with Gasteiger partial charge in [0.1, 0.15) is 0 Å². The highest BCUT2D eigenvalue weighted by molar-refractivity contribution is 5.55. The minimum absolute atomic E-state index is 0.560. The van der Waals surface area contributed by atoms with Crippen molar-refractivity contribution in [3.8, 4) is 11.5 Å². The van der Waals surface area contributed by atoms with Crippen molar-refractivity contribution in [1.29, 1.82) is 0 Å². The number of hydrogen-bond acceptors (Lipinski definition) is 4. The Hall–Kier alpha value is -1.42. The SMILES string of the molecule is CC(C)N1CCC(Nc2ccc3c(c2)OCCCO3)CC1. The molecule has 0 atom stereocenters. The van der Waals surface area contributed by atoms with Crippen LogP contribution in [0.4, 0.5) is 5.69 Å². The number of likely N-dealkylation sites (tertiary alicyclic amines) is 1. The summed E-state index contributed by atoms with van der Waals surface area (Å²) in [7, 11) is 0. The van der Waals surface area contributed by atoms with Gasteiger partial charge in [0.2, 0.25) is 0 Å². The van der Waals surface area contributed by atoms with E-state index in [1.807, 2.05) is 6.07 Å². The second kappa shape index (κ2) is 6.56. The maximum absolute atomic E-state index is 5.75. The van der Waals surface area contributed by atoms with Gasteiger partial charge in [-0.05, 0) is 38.8 Å². The fraction of sp³-hybridized carbons (Fsp3) is 0.647. The van der Waals surface area contributed by atoms with E-state index in [2.05, 4.69) is 36.2 Å². The normalized spacial score (nSPS) is 20.3. The van der Waals surface area contributed by atoms with Crippen LogP contribution in [0.5, 0.6) is 11.5 Å². The fourth-order valence-electron chi connectivity index (χ4n) is 3.05. The Kier molecular flexibility index (Phi) is 4.54. The Morgan fingerprint density at radius 1 is 1.10 bits per heavy atom. The van der Waals surface area contributed by atoms with E-state index in [9.17, 15) is 0 Å². The summed E-state index contributed by atoms with van der Waals surface area (Å²) in [4.78, 5) is 2.55. The lowest BCUT2D eigenvalue weighted by Gasteiger charge is -2.35. The molecule has 0 saturated carbocycles. The van der Waals surface area contributed by atoms with Gasteiger partial charge in [-0.2, -0.15) is 0 Å². The molecule has 4 nitrogen and oxygen atoms in total. The molecule has 116 valence electrons. The van der Waals surface area contributed by atoms with Crippen molar-refractivity contribution in [3.05, 3.63) is 18.2 Å². The predicted octanol–water partition coefficient (Wildman–Crippen LogP) is 3.13. The van der Waals surface area contributed by atoms with Crippen LogP contribution < -0.4 is 14.8 Å². The van der Waals surface area contributed by atoms with Crippen LogP contribution in [0.3, 0.4) is 0 Å². The molecule has 0 amide bonds. The fourth-order valence-corrected chi connectivity index (χ4v) is 3.05. The maximum Gasteiger partial charge on any atom is 0.163 e. The van der Waals surface area contributed by atoms with E-state index in [1.54, 1.807) is 0 Å². The van der Waals surface area contributed by atoms with Crippen molar-refractivity contribution < 1.29 is 9.47 Å². The third-order valence-electron chi connectivity index (χ3n) is 4.38. The highest BCUT2D eigenvalue weighted by Crippen LogP contribution is 2.33. The monoisotopic (exact) mass is 290 g/mol. The van der Waals surface area contributed by atoms with Crippen molar-refractivity contribution in [1.82, 2.24) is 4.90 Å². The summed E-state index contributed by atoms with van der Waals surface area (Å²) in [5.41, 5.74) is 1.14. The van der Waals surface area contributed by atoms with Gasteiger partial charge < -0.3 is 19.7 Å². The number of nitrogens with zero attached hydrogens (tertiary/aromatic N) is 1. The average molecular weight is 290 g/mol. The molecule has 2 aliphatic heterocycles. The largest absolute Gasteiger partial charge is 0.490 e. The molecule has 1 aromatic carbocycles. The van der Waals surface area contributed by atoms with Crippen LogP contribution in [0, 0.1) is 0 Å². The zero-order chi connectivity index (χ0) is 14.7. The molecule has 3 rings (SSSR count). The van der Waals surface area contributed by atoms with Crippen molar-refractivity contribution in [2.75, 3.05) is 31.6 Å². The van der Waals surface area contributed by atoms with E-state index in [4.69, 9.17) is 9.47 Å². The second-order valence-electron chi connectivity index (χ2n) is 6.26. The Labute approximate surface area is 127 Å². The summed E-state index contributed by atoms with van der Waals surface area (Å²) in [5, 5.41) is 3.65. The van der Waals surface area contributed by atoms with Crippen LogP contribution in [0.15, 0.2) is 18.2 Å². The Balaban J connectivity index is 1.60. The molecule has 4 heteroatoms. The summed E-state index contributed by atoms with van der Waals surface area (Å²) in [6.45, 7) is 8.39. The number of ether oxygens (including phenoxy) is 2.